The van der Waals surface area contributed by atoms with Gasteiger partial charge in [0.05, 0.1) is 11.5 Å². The Labute approximate surface area is 122 Å². The summed E-state index contributed by atoms with van der Waals surface area (Å²) in [6.45, 7) is 1.81. The lowest BCUT2D eigenvalue weighted by molar-refractivity contribution is -0.385. The fourth-order valence-corrected chi connectivity index (χ4v) is 2.36. The lowest BCUT2D eigenvalue weighted by atomic mass is 10.1. The molecule has 0 N–H and O–H groups in total. The first-order chi connectivity index (χ1) is 10.2. The maximum atomic E-state index is 10.8. The summed E-state index contributed by atoms with van der Waals surface area (Å²) in [7, 11) is 0. The summed E-state index contributed by atoms with van der Waals surface area (Å²) in [6, 6.07) is 8.93. The van der Waals surface area contributed by atoms with Crippen molar-refractivity contribution in [3.05, 3.63) is 69.5 Å². The number of aromatic nitrogens is 1. The Hall–Kier alpha value is -2.31. The summed E-state index contributed by atoms with van der Waals surface area (Å²) in [5, 5.41) is 12.7. The minimum atomic E-state index is -0.379. The van der Waals surface area contributed by atoms with E-state index in [-0.39, 0.29) is 10.6 Å². The van der Waals surface area contributed by atoms with Crippen molar-refractivity contribution >= 4 is 5.69 Å². The third-order valence-electron chi connectivity index (χ3n) is 3.55. The van der Waals surface area contributed by atoms with Crippen LogP contribution < -0.4 is 0 Å². The van der Waals surface area contributed by atoms with Gasteiger partial charge in [-0.3, -0.25) is 19.9 Å². The van der Waals surface area contributed by atoms with Gasteiger partial charge in [0.25, 0.3) is 5.69 Å². The first kappa shape index (κ1) is 13.7. The van der Waals surface area contributed by atoms with Gasteiger partial charge in [-0.05, 0) is 35.2 Å². The lowest BCUT2D eigenvalue weighted by Crippen LogP contribution is -2.30. The number of benzene rings is 1. The molecule has 21 heavy (non-hydrogen) atoms. The molecule has 0 amide bonds. The predicted molar refractivity (Wildman–Crippen MR) is 76.2 cm³/mol. The number of pyridine rings is 1. The van der Waals surface area contributed by atoms with E-state index in [1.54, 1.807) is 24.5 Å². The Balaban J connectivity index is 1.63. The molecule has 0 atom stereocenters. The normalized spacial score (nSPS) is 14.7. The minimum Gasteiger partial charge on any atom is -0.294 e. The summed E-state index contributed by atoms with van der Waals surface area (Å²) < 4.78 is 0. The number of non-ortho nitro benzene ring substituents is 1. The van der Waals surface area contributed by atoms with E-state index in [1.807, 2.05) is 23.3 Å². The Morgan fingerprint density at radius 1 is 1.24 bits per heavy atom. The van der Waals surface area contributed by atoms with Crippen molar-refractivity contribution in [2.75, 3.05) is 6.54 Å². The van der Waals surface area contributed by atoms with Crippen molar-refractivity contribution in [3.63, 3.8) is 0 Å². The van der Waals surface area contributed by atoms with Crippen LogP contribution >= 0.6 is 0 Å². The van der Waals surface area contributed by atoms with E-state index in [9.17, 15) is 10.1 Å². The highest BCUT2D eigenvalue weighted by Crippen LogP contribution is 2.24. The highest BCUT2D eigenvalue weighted by atomic mass is 16.7. The molecule has 2 aromatic rings. The molecule has 3 rings (SSSR count). The number of fused-ring (bicyclic) bond motifs is 1. The van der Waals surface area contributed by atoms with Crippen LogP contribution in [0.15, 0.2) is 42.7 Å². The monoisotopic (exact) mass is 285 g/mol. The molecule has 0 unspecified atom stereocenters. The lowest BCUT2D eigenvalue weighted by Gasteiger charge is -2.28. The highest BCUT2D eigenvalue weighted by Gasteiger charge is 2.19. The summed E-state index contributed by atoms with van der Waals surface area (Å²) >= 11 is 0. The first-order valence-electron chi connectivity index (χ1n) is 6.75. The maximum Gasteiger partial charge on any atom is 0.269 e. The molecule has 6 nitrogen and oxygen atoms in total. The van der Waals surface area contributed by atoms with Gasteiger partial charge in [0.15, 0.2) is 0 Å². The van der Waals surface area contributed by atoms with E-state index >= 15 is 0 Å². The van der Waals surface area contributed by atoms with Gasteiger partial charge in [0.1, 0.15) is 0 Å². The highest BCUT2D eigenvalue weighted by molar-refractivity contribution is 5.40. The second-order valence-electron chi connectivity index (χ2n) is 4.95. The Kier molecular flexibility index (Phi) is 3.89. The molecule has 1 aromatic heterocycles. The smallest absolute Gasteiger partial charge is 0.269 e. The SMILES string of the molecule is O=[N+]([O-])c1ccc2c(c1)CON(CCc1ccncc1)C2. The van der Waals surface area contributed by atoms with Crippen LogP contribution in [0.1, 0.15) is 16.7 Å². The zero-order chi connectivity index (χ0) is 14.7. The minimum absolute atomic E-state index is 0.114. The number of rotatable bonds is 4. The van der Waals surface area contributed by atoms with Gasteiger partial charge in [0.2, 0.25) is 0 Å². The molecule has 108 valence electrons. The van der Waals surface area contributed by atoms with Crippen molar-refractivity contribution in [3.8, 4) is 0 Å². The summed E-state index contributed by atoms with van der Waals surface area (Å²) in [4.78, 5) is 20.0. The van der Waals surface area contributed by atoms with Crippen LogP contribution in [0.3, 0.4) is 0 Å². The van der Waals surface area contributed by atoms with E-state index < -0.39 is 0 Å². The van der Waals surface area contributed by atoms with Crippen LogP contribution in [-0.2, 0) is 24.4 Å². The van der Waals surface area contributed by atoms with Gasteiger partial charge in [0, 0.05) is 37.6 Å². The van der Waals surface area contributed by atoms with Crippen molar-refractivity contribution in [2.45, 2.75) is 19.6 Å². The van der Waals surface area contributed by atoms with Gasteiger partial charge >= 0.3 is 0 Å². The molecule has 0 fully saturated rings. The van der Waals surface area contributed by atoms with E-state index in [2.05, 4.69) is 4.98 Å². The van der Waals surface area contributed by atoms with Gasteiger partial charge in [-0.25, -0.2) is 0 Å². The third-order valence-corrected chi connectivity index (χ3v) is 3.55. The molecule has 1 aliphatic heterocycles. The largest absolute Gasteiger partial charge is 0.294 e. The summed E-state index contributed by atoms with van der Waals surface area (Å²) in [5.74, 6) is 0. The average Bonchev–Trinajstić information content (AvgIpc) is 2.53. The van der Waals surface area contributed by atoms with E-state index in [0.717, 1.165) is 24.1 Å². The molecular formula is C15H15N3O3. The molecule has 6 heteroatoms. The molecule has 2 heterocycles. The molecule has 0 radical (unpaired) electrons. The van der Waals surface area contributed by atoms with E-state index in [0.29, 0.717) is 13.2 Å². The molecule has 0 spiro atoms. The number of hydrogen-bond donors (Lipinski definition) is 0. The van der Waals surface area contributed by atoms with Crippen molar-refractivity contribution in [1.82, 2.24) is 10.0 Å². The van der Waals surface area contributed by atoms with E-state index in [1.165, 1.54) is 5.56 Å². The Morgan fingerprint density at radius 3 is 2.81 bits per heavy atom. The first-order valence-corrected chi connectivity index (χ1v) is 6.75. The van der Waals surface area contributed by atoms with Crippen LogP contribution in [0.4, 0.5) is 5.69 Å². The average molecular weight is 285 g/mol. The third kappa shape index (κ3) is 3.24. The molecule has 1 aliphatic rings. The van der Waals surface area contributed by atoms with Gasteiger partial charge in [-0.2, -0.15) is 5.06 Å². The Bertz CT molecular complexity index is 646. The molecule has 0 aliphatic carbocycles. The van der Waals surface area contributed by atoms with Crippen LogP contribution in [0, 0.1) is 10.1 Å². The van der Waals surface area contributed by atoms with Crippen LogP contribution in [0.2, 0.25) is 0 Å². The molecule has 0 saturated heterocycles. The van der Waals surface area contributed by atoms with Crippen LogP contribution in [0.5, 0.6) is 0 Å². The standard InChI is InChI=1S/C15H15N3O3/c19-18(20)15-2-1-13-10-17(21-11-14(13)9-15)8-5-12-3-6-16-7-4-12/h1-4,6-7,9H,5,8,10-11H2. The fraction of sp³-hybridized carbons (Fsp3) is 0.267. The fourth-order valence-electron chi connectivity index (χ4n) is 2.36. The molecular weight excluding hydrogens is 270 g/mol. The van der Waals surface area contributed by atoms with Crippen molar-refractivity contribution < 1.29 is 9.76 Å². The van der Waals surface area contributed by atoms with Gasteiger partial charge in [-0.15, -0.1) is 0 Å². The molecule has 0 bridgehead atoms. The zero-order valence-electron chi connectivity index (χ0n) is 11.4. The maximum absolute atomic E-state index is 10.8. The number of nitrogens with zero attached hydrogens (tertiary/aromatic N) is 3. The number of hydrogen-bond acceptors (Lipinski definition) is 5. The van der Waals surface area contributed by atoms with Gasteiger partial charge < -0.3 is 0 Å². The number of hydroxylamine groups is 2. The number of nitro benzene ring substituents is 1. The second-order valence-corrected chi connectivity index (χ2v) is 4.95. The van der Waals surface area contributed by atoms with Gasteiger partial charge in [-0.1, -0.05) is 6.07 Å². The zero-order valence-corrected chi connectivity index (χ0v) is 11.4. The van der Waals surface area contributed by atoms with Crippen molar-refractivity contribution in [2.24, 2.45) is 0 Å². The topological polar surface area (TPSA) is 68.5 Å². The van der Waals surface area contributed by atoms with Crippen molar-refractivity contribution in [1.29, 1.82) is 0 Å². The van der Waals surface area contributed by atoms with E-state index in [4.69, 9.17) is 4.84 Å². The quantitative estimate of drug-likeness (QED) is 0.637. The summed E-state index contributed by atoms with van der Waals surface area (Å²) in [5.41, 5.74) is 3.30. The summed E-state index contributed by atoms with van der Waals surface area (Å²) in [6.07, 6.45) is 4.44. The van der Waals surface area contributed by atoms with Crippen LogP contribution in [0.25, 0.3) is 0 Å². The van der Waals surface area contributed by atoms with Crippen LogP contribution in [-0.4, -0.2) is 21.5 Å². The molecule has 1 aromatic carbocycles. The molecule has 0 saturated carbocycles. The Morgan fingerprint density at radius 2 is 2.05 bits per heavy atom. The second kappa shape index (κ2) is 5.99. The predicted octanol–water partition coefficient (Wildman–Crippen LogP) is 2.48. The number of nitro groups is 1.